The molecule has 0 fully saturated rings. The van der Waals surface area contributed by atoms with Gasteiger partial charge >= 0.3 is 12.1 Å². The minimum absolute atomic E-state index is 0.00648. The standard InChI is InChI=1S/C32H47NO6Si/c1-23(2)20-27(33-30(36)39-31(3,4)5)28(34)21-24(29(35)37-9)22-38-40(32(6,7)8,25-16-12-10-13-17-25)26-18-14-11-15-19-26/h10-19,23-24,27H,20-22H2,1-9H3,(H,33,36)/t24-,27-/m0/s1. The Morgan fingerprint density at radius 3 is 1.75 bits per heavy atom. The molecule has 1 amide bonds. The fourth-order valence-corrected chi connectivity index (χ4v) is 9.55. The first-order valence-corrected chi connectivity index (χ1v) is 15.9. The number of nitrogens with one attached hydrogen (secondary N) is 1. The molecule has 0 unspecified atom stereocenters. The topological polar surface area (TPSA) is 90.9 Å². The van der Waals surface area contributed by atoms with E-state index < -0.39 is 37.9 Å². The summed E-state index contributed by atoms with van der Waals surface area (Å²) in [6.45, 7) is 15.7. The fraction of sp³-hybridized carbons (Fsp3) is 0.531. The molecular weight excluding hydrogens is 522 g/mol. The predicted molar refractivity (Wildman–Crippen MR) is 161 cm³/mol. The average Bonchev–Trinajstić information content (AvgIpc) is 2.86. The Balaban J connectivity index is 2.41. The summed E-state index contributed by atoms with van der Waals surface area (Å²) in [4.78, 5) is 39.1. The third-order valence-electron chi connectivity index (χ3n) is 6.69. The van der Waals surface area contributed by atoms with E-state index in [0.29, 0.717) is 6.42 Å². The Morgan fingerprint density at radius 2 is 1.35 bits per heavy atom. The van der Waals surface area contributed by atoms with Crippen LogP contribution in [0.15, 0.2) is 60.7 Å². The van der Waals surface area contributed by atoms with Crippen LogP contribution in [0.1, 0.15) is 68.2 Å². The van der Waals surface area contributed by atoms with Gasteiger partial charge in [0.25, 0.3) is 8.32 Å². The van der Waals surface area contributed by atoms with Gasteiger partial charge in [0.1, 0.15) is 5.60 Å². The van der Waals surface area contributed by atoms with Crippen molar-refractivity contribution >= 4 is 36.5 Å². The maximum Gasteiger partial charge on any atom is 0.408 e. The lowest BCUT2D eigenvalue weighted by Gasteiger charge is -2.43. The predicted octanol–water partition coefficient (Wildman–Crippen LogP) is 5.25. The monoisotopic (exact) mass is 569 g/mol. The summed E-state index contributed by atoms with van der Waals surface area (Å²) in [5.41, 5.74) is -0.701. The number of benzene rings is 2. The highest BCUT2D eigenvalue weighted by molar-refractivity contribution is 6.99. The number of hydrogen-bond donors (Lipinski definition) is 1. The summed E-state index contributed by atoms with van der Waals surface area (Å²) in [6, 6.07) is 19.4. The highest BCUT2D eigenvalue weighted by atomic mass is 28.4. The Kier molecular flexibility index (Phi) is 11.7. The van der Waals surface area contributed by atoms with Gasteiger partial charge in [-0.15, -0.1) is 0 Å². The van der Waals surface area contributed by atoms with Crippen LogP contribution in [0.25, 0.3) is 0 Å². The second-order valence-corrected chi connectivity index (χ2v) is 17.0. The van der Waals surface area contributed by atoms with Crippen molar-refractivity contribution in [2.75, 3.05) is 13.7 Å². The number of Topliss-reactive ketones (excluding diaryl/α,β-unsaturated/α-hetero) is 1. The van der Waals surface area contributed by atoms with Crippen LogP contribution in [0.5, 0.6) is 0 Å². The lowest BCUT2D eigenvalue weighted by molar-refractivity contribution is -0.148. The van der Waals surface area contributed by atoms with Crippen molar-refractivity contribution in [2.45, 2.75) is 84.9 Å². The first-order chi connectivity index (χ1) is 18.6. The third kappa shape index (κ3) is 9.03. The molecule has 0 aliphatic carbocycles. The Bertz CT molecular complexity index is 1070. The van der Waals surface area contributed by atoms with Gasteiger partial charge in [0, 0.05) is 13.0 Å². The zero-order valence-corrected chi connectivity index (χ0v) is 26.6. The highest BCUT2D eigenvalue weighted by Crippen LogP contribution is 2.37. The molecule has 2 aromatic carbocycles. The molecule has 8 heteroatoms. The SMILES string of the molecule is COC(=O)[C@H](CO[Si](c1ccccc1)(c1ccccc1)C(C)(C)C)CC(=O)[C@H](CC(C)C)NC(=O)OC(C)(C)C. The average molecular weight is 570 g/mol. The normalized spacial score (nSPS) is 13.8. The molecule has 0 aliphatic rings. The molecule has 0 spiro atoms. The van der Waals surface area contributed by atoms with E-state index in [1.807, 2.05) is 50.2 Å². The first-order valence-electron chi connectivity index (χ1n) is 14.0. The third-order valence-corrected chi connectivity index (χ3v) is 11.7. The number of ketones is 1. The lowest BCUT2D eigenvalue weighted by Crippen LogP contribution is -2.67. The van der Waals surface area contributed by atoms with Crippen molar-refractivity contribution in [3.05, 3.63) is 60.7 Å². The molecule has 0 bridgehead atoms. The van der Waals surface area contributed by atoms with Crippen molar-refractivity contribution < 1.29 is 28.3 Å². The van der Waals surface area contributed by atoms with Crippen LogP contribution in [0, 0.1) is 11.8 Å². The maximum atomic E-state index is 13.5. The summed E-state index contributed by atoms with van der Waals surface area (Å²) in [6.07, 6.45) is -0.371. The molecule has 0 radical (unpaired) electrons. The molecule has 0 aliphatic heterocycles. The van der Waals surface area contributed by atoms with E-state index in [1.165, 1.54) is 7.11 Å². The second kappa shape index (κ2) is 14.1. The molecule has 0 aromatic heterocycles. The molecule has 0 heterocycles. The Hall–Kier alpha value is -2.97. The minimum atomic E-state index is -2.94. The molecule has 2 rings (SSSR count). The van der Waals surface area contributed by atoms with Crippen molar-refractivity contribution in [3.8, 4) is 0 Å². The molecule has 220 valence electrons. The van der Waals surface area contributed by atoms with Gasteiger partial charge in [-0.25, -0.2) is 4.79 Å². The lowest BCUT2D eigenvalue weighted by atomic mass is 9.94. The summed E-state index contributed by atoms with van der Waals surface area (Å²) < 4.78 is 17.4. The number of carbonyl (C=O) groups is 3. The van der Waals surface area contributed by atoms with Crippen molar-refractivity contribution in [1.29, 1.82) is 0 Å². The summed E-state index contributed by atoms with van der Waals surface area (Å²) >= 11 is 0. The van der Waals surface area contributed by atoms with E-state index in [2.05, 4.69) is 50.4 Å². The van der Waals surface area contributed by atoms with Gasteiger partial charge < -0.3 is 19.2 Å². The second-order valence-electron chi connectivity index (χ2n) is 12.7. The summed E-state index contributed by atoms with van der Waals surface area (Å²) in [5.74, 6) is -1.49. The Labute approximate surface area is 241 Å². The van der Waals surface area contributed by atoms with Crippen LogP contribution >= 0.6 is 0 Å². The van der Waals surface area contributed by atoms with Gasteiger partial charge in [-0.1, -0.05) is 95.3 Å². The van der Waals surface area contributed by atoms with Crippen LogP contribution in [-0.2, 0) is 23.5 Å². The smallest absolute Gasteiger partial charge is 0.408 e. The van der Waals surface area contributed by atoms with E-state index in [9.17, 15) is 14.4 Å². The van der Waals surface area contributed by atoms with E-state index in [-0.39, 0.29) is 29.8 Å². The number of esters is 1. The molecule has 0 saturated heterocycles. The van der Waals surface area contributed by atoms with Gasteiger partial charge in [-0.2, -0.15) is 0 Å². The van der Waals surface area contributed by atoms with Crippen LogP contribution in [-0.4, -0.2) is 51.5 Å². The van der Waals surface area contributed by atoms with E-state index in [0.717, 1.165) is 10.4 Å². The number of methoxy groups -OCH3 is 1. The molecule has 40 heavy (non-hydrogen) atoms. The largest absolute Gasteiger partial charge is 0.469 e. The summed E-state index contributed by atoms with van der Waals surface area (Å²) in [7, 11) is -1.62. The van der Waals surface area contributed by atoms with Crippen LogP contribution in [0.4, 0.5) is 4.79 Å². The van der Waals surface area contributed by atoms with Crippen molar-refractivity contribution in [1.82, 2.24) is 5.32 Å². The van der Waals surface area contributed by atoms with Crippen LogP contribution in [0.2, 0.25) is 5.04 Å². The quantitative estimate of drug-likeness (QED) is 0.277. The molecule has 2 atom stereocenters. The van der Waals surface area contributed by atoms with Crippen molar-refractivity contribution in [3.63, 3.8) is 0 Å². The summed E-state index contributed by atoms with van der Waals surface area (Å²) in [5, 5.41) is 4.58. The van der Waals surface area contributed by atoms with Crippen LogP contribution < -0.4 is 15.7 Å². The maximum absolute atomic E-state index is 13.5. The minimum Gasteiger partial charge on any atom is -0.469 e. The number of carbonyl (C=O) groups excluding carboxylic acids is 3. The molecule has 7 nitrogen and oxygen atoms in total. The van der Waals surface area contributed by atoms with Gasteiger partial charge in [-0.3, -0.25) is 9.59 Å². The fourth-order valence-electron chi connectivity index (χ4n) is 4.94. The number of rotatable bonds is 12. The van der Waals surface area contributed by atoms with E-state index >= 15 is 0 Å². The van der Waals surface area contributed by atoms with Gasteiger partial charge in [0.2, 0.25) is 0 Å². The number of amides is 1. The molecule has 0 saturated carbocycles. The number of alkyl carbamates (subject to hydrolysis) is 1. The zero-order chi connectivity index (χ0) is 30.1. The molecular formula is C32H47NO6Si. The zero-order valence-electron chi connectivity index (χ0n) is 25.6. The molecule has 2 aromatic rings. The number of ether oxygens (including phenoxy) is 2. The van der Waals surface area contributed by atoms with Gasteiger partial charge in [-0.05, 0) is 48.5 Å². The first kappa shape index (κ1) is 33.2. The number of hydrogen-bond acceptors (Lipinski definition) is 6. The highest BCUT2D eigenvalue weighted by Gasteiger charge is 2.50. The van der Waals surface area contributed by atoms with Gasteiger partial charge in [0.15, 0.2) is 5.78 Å². The Morgan fingerprint density at radius 1 is 0.850 bits per heavy atom. The molecule has 1 N–H and O–H groups in total. The van der Waals surface area contributed by atoms with Crippen LogP contribution in [0.3, 0.4) is 0 Å². The van der Waals surface area contributed by atoms with E-state index in [1.54, 1.807) is 20.8 Å². The van der Waals surface area contributed by atoms with Crippen molar-refractivity contribution in [2.24, 2.45) is 11.8 Å². The van der Waals surface area contributed by atoms with Gasteiger partial charge in [0.05, 0.1) is 19.1 Å². The van der Waals surface area contributed by atoms with E-state index in [4.69, 9.17) is 13.9 Å².